The number of halogens is 2. The van der Waals surface area contributed by atoms with Crippen molar-refractivity contribution in [3.05, 3.63) is 36.2 Å². The zero-order chi connectivity index (χ0) is 29.2. The van der Waals surface area contributed by atoms with Gasteiger partial charge in [0.15, 0.2) is 5.82 Å². The van der Waals surface area contributed by atoms with Gasteiger partial charge in [-0.25, -0.2) is 13.8 Å². The second-order valence-electron chi connectivity index (χ2n) is 11.0. The molecule has 3 aromatic rings. The average molecular weight is 584 g/mol. The van der Waals surface area contributed by atoms with Gasteiger partial charge in [-0.3, -0.25) is 14.2 Å². The summed E-state index contributed by atoms with van der Waals surface area (Å²) in [5.41, 5.74) is 0.973. The van der Waals surface area contributed by atoms with E-state index in [-0.39, 0.29) is 29.7 Å². The summed E-state index contributed by atoms with van der Waals surface area (Å²) in [6, 6.07) is 8.57. The Morgan fingerprint density at radius 3 is 2.31 bits per heavy atom. The van der Waals surface area contributed by atoms with Gasteiger partial charge in [0, 0.05) is 58.2 Å². The molecule has 11 nitrogen and oxygen atoms in total. The van der Waals surface area contributed by atoms with E-state index >= 15 is 0 Å². The Hall–Kier alpha value is -3.87. The summed E-state index contributed by atoms with van der Waals surface area (Å²) in [5, 5.41) is 0. The molecule has 1 aromatic carbocycles. The maximum atomic E-state index is 14.1. The van der Waals surface area contributed by atoms with Crippen LogP contribution in [0.5, 0.6) is 5.88 Å². The molecule has 1 saturated carbocycles. The van der Waals surface area contributed by atoms with E-state index in [4.69, 9.17) is 9.47 Å². The van der Waals surface area contributed by atoms with Crippen LogP contribution in [-0.2, 0) is 14.3 Å². The van der Waals surface area contributed by atoms with Crippen LogP contribution >= 0.6 is 0 Å². The van der Waals surface area contributed by atoms with E-state index in [0.29, 0.717) is 101 Å². The highest BCUT2D eigenvalue weighted by Gasteiger charge is 2.33. The highest BCUT2D eigenvalue weighted by atomic mass is 19.3. The van der Waals surface area contributed by atoms with Crippen molar-refractivity contribution in [2.45, 2.75) is 45.1 Å². The fourth-order valence-corrected chi connectivity index (χ4v) is 6.01. The van der Waals surface area contributed by atoms with Crippen molar-refractivity contribution in [2.75, 3.05) is 57.4 Å². The highest BCUT2D eigenvalue weighted by Crippen LogP contribution is 2.32. The zero-order valence-corrected chi connectivity index (χ0v) is 23.6. The molecule has 42 heavy (non-hydrogen) atoms. The van der Waals surface area contributed by atoms with E-state index < -0.39 is 12.2 Å². The number of anilines is 1. The molecular formula is C29H35F2N7O4. The van der Waals surface area contributed by atoms with Crippen molar-refractivity contribution in [3.63, 3.8) is 0 Å². The fourth-order valence-electron chi connectivity index (χ4n) is 6.01. The van der Waals surface area contributed by atoms with Crippen LogP contribution in [0.1, 0.15) is 44.9 Å². The van der Waals surface area contributed by atoms with E-state index in [1.807, 2.05) is 9.80 Å². The zero-order valence-electron chi connectivity index (χ0n) is 23.6. The molecule has 0 N–H and O–H groups in total. The van der Waals surface area contributed by atoms with Gasteiger partial charge in [0.1, 0.15) is 11.9 Å². The number of hydrogen-bond donors (Lipinski definition) is 0. The van der Waals surface area contributed by atoms with Crippen molar-refractivity contribution >= 4 is 28.8 Å². The Morgan fingerprint density at radius 2 is 1.62 bits per heavy atom. The lowest BCUT2D eigenvalue weighted by Crippen LogP contribution is -2.51. The number of ether oxygens (including phenoxy) is 2. The standard InChI is InChI=1S/C29H35F2N7O4/c1-19(39)35-10-12-36(13-11-35)28(40)20-6-8-21(9-7-20)42-25-18-24(33-29(34-25)37-14-16-41-17-15-37)38-23-5-3-2-4-22(23)32-27(38)26(30)31/h2-5,18,20-21,26H,6-17H2,1H3/t20-,21-. The molecule has 0 spiro atoms. The summed E-state index contributed by atoms with van der Waals surface area (Å²) in [6.07, 6.45) is -0.253. The Bertz CT molecular complexity index is 1430. The Kier molecular flexibility index (Phi) is 8.18. The largest absolute Gasteiger partial charge is 0.474 e. The first-order chi connectivity index (χ1) is 20.4. The molecule has 3 aliphatic rings. The molecule has 2 aromatic heterocycles. The molecule has 6 rings (SSSR count). The van der Waals surface area contributed by atoms with Gasteiger partial charge in [0.05, 0.1) is 24.2 Å². The number of rotatable bonds is 6. The number of carbonyl (C=O) groups excluding carboxylic acids is 2. The second-order valence-corrected chi connectivity index (χ2v) is 11.0. The van der Waals surface area contributed by atoms with Gasteiger partial charge in [-0.05, 0) is 37.8 Å². The van der Waals surface area contributed by atoms with Gasteiger partial charge in [-0.15, -0.1) is 0 Å². The van der Waals surface area contributed by atoms with Crippen LogP contribution in [-0.4, -0.2) is 99.7 Å². The van der Waals surface area contributed by atoms with Crippen LogP contribution in [0.2, 0.25) is 0 Å². The van der Waals surface area contributed by atoms with Gasteiger partial charge in [0.25, 0.3) is 6.43 Å². The normalized spacial score (nSPS) is 21.7. The SMILES string of the molecule is CC(=O)N1CCN(C(=O)[C@H]2CC[C@H](Oc3cc(-n4c(C(F)F)nc5ccccc54)nc(N4CCOCC4)n3)CC2)CC1. The van der Waals surface area contributed by atoms with E-state index in [2.05, 4.69) is 15.0 Å². The lowest BCUT2D eigenvalue weighted by Gasteiger charge is -2.37. The first kappa shape index (κ1) is 28.3. The minimum absolute atomic E-state index is 0.0380. The lowest BCUT2D eigenvalue weighted by atomic mass is 9.86. The third-order valence-corrected chi connectivity index (χ3v) is 8.33. The van der Waals surface area contributed by atoms with Crippen LogP contribution in [0, 0.1) is 5.92 Å². The Labute approximate surface area is 242 Å². The van der Waals surface area contributed by atoms with E-state index in [1.54, 1.807) is 42.2 Å². The monoisotopic (exact) mass is 583 g/mol. The van der Waals surface area contributed by atoms with E-state index in [0.717, 1.165) is 0 Å². The number of amides is 2. The molecule has 0 unspecified atom stereocenters. The van der Waals surface area contributed by atoms with Crippen LogP contribution < -0.4 is 9.64 Å². The number of aromatic nitrogens is 4. The molecule has 0 bridgehead atoms. The minimum atomic E-state index is -2.80. The molecular weight excluding hydrogens is 548 g/mol. The maximum absolute atomic E-state index is 14.1. The van der Waals surface area contributed by atoms with Crippen LogP contribution in [0.15, 0.2) is 30.3 Å². The van der Waals surface area contributed by atoms with Crippen LogP contribution in [0.25, 0.3) is 16.9 Å². The number of alkyl halides is 2. The summed E-state index contributed by atoms with van der Waals surface area (Å²) in [6.45, 7) is 5.99. The highest BCUT2D eigenvalue weighted by molar-refractivity contribution is 5.80. The first-order valence-electron chi connectivity index (χ1n) is 14.6. The molecule has 0 atom stereocenters. The van der Waals surface area contributed by atoms with Crippen molar-refractivity contribution in [1.82, 2.24) is 29.3 Å². The second kappa shape index (κ2) is 12.2. The summed E-state index contributed by atoms with van der Waals surface area (Å²) in [5.74, 6) is 0.658. The van der Waals surface area contributed by atoms with Gasteiger partial charge in [-0.1, -0.05) is 12.1 Å². The summed E-state index contributed by atoms with van der Waals surface area (Å²) in [4.78, 5) is 43.9. The number of hydrogen-bond acceptors (Lipinski definition) is 8. The fraction of sp³-hybridized carbons (Fsp3) is 0.552. The Balaban J connectivity index is 1.20. The molecule has 3 fully saturated rings. The van der Waals surface area contributed by atoms with E-state index in [9.17, 15) is 18.4 Å². The molecule has 13 heteroatoms. The number of nitrogens with zero attached hydrogens (tertiary/aromatic N) is 7. The molecule has 2 aliphatic heterocycles. The smallest absolute Gasteiger partial charge is 0.296 e. The number of imidazole rings is 1. The summed E-state index contributed by atoms with van der Waals surface area (Å²) in [7, 11) is 0. The molecule has 2 amide bonds. The first-order valence-corrected chi connectivity index (χ1v) is 14.6. The van der Waals surface area contributed by atoms with Gasteiger partial charge in [0.2, 0.25) is 23.6 Å². The number of benzene rings is 1. The van der Waals surface area contributed by atoms with Crippen LogP contribution in [0.4, 0.5) is 14.7 Å². The Morgan fingerprint density at radius 1 is 0.929 bits per heavy atom. The van der Waals surface area contributed by atoms with Crippen molar-refractivity contribution in [1.29, 1.82) is 0 Å². The number of carbonyl (C=O) groups is 2. The topological polar surface area (TPSA) is 106 Å². The number of morpholine rings is 1. The summed E-state index contributed by atoms with van der Waals surface area (Å²) >= 11 is 0. The molecule has 0 radical (unpaired) electrons. The third kappa shape index (κ3) is 5.87. The minimum Gasteiger partial charge on any atom is -0.474 e. The molecule has 4 heterocycles. The van der Waals surface area contributed by atoms with Gasteiger partial charge >= 0.3 is 0 Å². The number of piperazine rings is 1. The van der Waals surface area contributed by atoms with Gasteiger partial charge in [-0.2, -0.15) is 9.97 Å². The quantitative estimate of drug-likeness (QED) is 0.436. The number of fused-ring (bicyclic) bond motifs is 1. The van der Waals surface area contributed by atoms with Crippen molar-refractivity contribution in [3.8, 4) is 11.7 Å². The maximum Gasteiger partial charge on any atom is 0.296 e. The molecule has 1 aliphatic carbocycles. The number of para-hydroxylation sites is 2. The molecule has 2 saturated heterocycles. The van der Waals surface area contributed by atoms with Crippen molar-refractivity contribution in [2.24, 2.45) is 5.92 Å². The van der Waals surface area contributed by atoms with E-state index in [1.165, 1.54) is 4.57 Å². The van der Waals surface area contributed by atoms with Crippen LogP contribution in [0.3, 0.4) is 0 Å². The third-order valence-electron chi connectivity index (χ3n) is 8.33. The molecule has 224 valence electrons. The lowest BCUT2D eigenvalue weighted by molar-refractivity contribution is -0.142. The van der Waals surface area contributed by atoms with Gasteiger partial charge < -0.3 is 24.2 Å². The predicted octanol–water partition coefficient (Wildman–Crippen LogP) is 3.22. The predicted molar refractivity (Wildman–Crippen MR) is 150 cm³/mol. The summed E-state index contributed by atoms with van der Waals surface area (Å²) < 4.78 is 41.5. The van der Waals surface area contributed by atoms with Crippen molar-refractivity contribution < 1.29 is 27.8 Å². The average Bonchev–Trinajstić information content (AvgIpc) is 3.42.